The molecule has 1 aliphatic heterocycles. The molecule has 3 rings (SSSR count). The Kier molecular flexibility index (Phi) is 4.24. The monoisotopic (exact) mass is 299 g/mol. The van der Waals surface area contributed by atoms with Crippen LogP contribution in [0.4, 0.5) is 11.9 Å². The molecule has 114 valence electrons. The minimum absolute atomic E-state index is 0.0425. The van der Waals surface area contributed by atoms with E-state index >= 15 is 0 Å². The van der Waals surface area contributed by atoms with Crippen LogP contribution in [0.5, 0.6) is 0 Å². The number of anilines is 2. The molecule has 7 heteroatoms. The molecule has 0 atom stereocenters. The number of ketones is 1. The van der Waals surface area contributed by atoms with Gasteiger partial charge in [-0.15, -0.1) is 0 Å². The van der Waals surface area contributed by atoms with E-state index in [2.05, 4.69) is 15.0 Å². The van der Waals surface area contributed by atoms with Gasteiger partial charge >= 0.3 is 0 Å². The van der Waals surface area contributed by atoms with E-state index < -0.39 is 0 Å². The SMILES string of the molecule is Nc1nc(CC(=O)c2ccccc2)nc(N2CCOCC2)n1. The molecule has 1 aromatic carbocycles. The molecule has 0 unspecified atom stereocenters. The van der Waals surface area contributed by atoms with Crippen LogP contribution in [-0.4, -0.2) is 47.0 Å². The average Bonchev–Trinajstić information content (AvgIpc) is 2.56. The predicted octanol–water partition coefficient (Wildman–Crippen LogP) is 0.716. The smallest absolute Gasteiger partial charge is 0.230 e. The van der Waals surface area contributed by atoms with Gasteiger partial charge in [0.05, 0.1) is 19.6 Å². The first kappa shape index (κ1) is 14.4. The number of morpholine rings is 1. The molecule has 0 radical (unpaired) electrons. The number of benzene rings is 1. The zero-order valence-electron chi connectivity index (χ0n) is 12.1. The molecule has 7 nitrogen and oxygen atoms in total. The topological polar surface area (TPSA) is 94.2 Å². The molecule has 2 aromatic rings. The molecule has 0 saturated carbocycles. The molecule has 22 heavy (non-hydrogen) atoms. The Morgan fingerprint density at radius 1 is 1.14 bits per heavy atom. The quantitative estimate of drug-likeness (QED) is 0.831. The van der Waals surface area contributed by atoms with Gasteiger partial charge in [0.15, 0.2) is 5.78 Å². The maximum atomic E-state index is 12.2. The van der Waals surface area contributed by atoms with E-state index in [4.69, 9.17) is 10.5 Å². The Labute approximate surface area is 128 Å². The Hall–Kier alpha value is -2.54. The summed E-state index contributed by atoms with van der Waals surface area (Å²) in [5, 5.41) is 0. The van der Waals surface area contributed by atoms with Gasteiger partial charge in [-0.3, -0.25) is 4.79 Å². The van der Waals surface area contributed by atoms with Crippen LogP contribution in [0.25, 0.3) is 0 Å². The van der Waals surface area contributed by atoms with Gasteiger partial charge < -0.3 is 15.4 Å². The Morgan fingerprint density at radius 2 is 1.86 bits per heavy atom. The van der Waals surface area contributed by atoms with Crippen molar-refractivity contribution in [3.63, 3.8) is 0 Å². The largest absolute Gasteiger partial charge is 0.378 e. The number of ether oxygens (including phenoxy) is 1. The van der Waals surface area contributed by atoms with Crippen LogP contribution in [0, 0.1) is 0 Å². The summed E-state index contributed by atoms with van der Waals surface area (Å²) < 4.78 is 5.31. The van der Waals surface area contributed by atoms with Gasteiger partial charge in [-0.25, -0.2) is 0 Å². The fourth-order valence-electron chi connectivity index (χ4n) is 2.28. The standard InChI is InChI=1S/C15H17N5O2/c16-14-17-13(10-12(21)11-4-2-1-3-5-11)18-15(19-14)20-6-8-22-9-7-20/h1-5H,6-10H2,(H2,16,17,18,19). The fourth-order valence-corrected chi connectivity index (χ4v) is 2.28. The summed E-state index contributed by atoms with van der Waals surface area (Å²) in [4.78, 5) is 26.8. The average molecular weight is 299 g/mol. The fraction of sp³-hybridized carbons (Fsp3) is 0.333. The molecule has 1 fully saturated rings. The number of nitrogen functional groups attached to an aromatic ring is 1. The van der Waals surface area contributed by atoms with Crippen molar-refractivity contribution in [1.82, 2.24) is 15.0 Å². The maximum Gasteiger partial charge on any atom is 0.230 e. The first-order valence-electron chi connectivity index (χ1n) is 7.14. The number of nitrogens with two attached hydrogens (primary N) is 1. The number of hydrogen-bond acceptors (Lipinski definition) is 7. The van der Waals surface area contributed by atoms with E-state index in [1.807, 2.05) is 23.1 Å². The van der Waals surface area contributed by atoms with Crippen molar-refractivity contribution >= 4 is 17.7 Å². The molecule has 0 amide bonds. The summed E-state index contributed by atoms with van der Waals surface area (Å²) in [6.07, 6.45) is 0.105. The summed E-state index contributed by atoms with van der Waals surface area (Å²) in [5.74, 6) is 0.987. The molecule has 1 aliphatic rings. The Balaban J connectivity index is 1.79. The molecule has 0 spiro atoms. The second kappa shape index (κ2) is 6.48. The number of hydrogen-bond donors (Lipinski definition) is 1. The second-order valence-electron chi connectivity index (χ2n) is 4.98. The highest BCUT2D eigenvalue weighted by molar-refractivity contribution is 5.97. The second-order valence-corrected chi connectivity index (χ2v) is 4.98. The number of rotatable bonds is 4. The third kappa shape index (κ3) is 3.37. The lowest BCUT2D eigenvalue weighted by atomic mass is 10.1. The number of carbonyl (C=O) groups excluding carboxylic acids is 1. The Morgan fingerprint density at radius 3 is 2.59 bits per heavy atom. The molecule has 2 heterocycles. The lowest BCUT2D eigenvalue weighted by Crippen LogP contribution is -2.37. The van der Waals surface area contributed by atoms with Crippen molar-refractivity contribution in [3.8, 4) is 0 Å². The lowest BCUT2D eigenvalue weighted by molar-refractivity contribution is 0.0990. The van der Waals surface area contributed by atoms with Crippen LogP contribution in [-0.2, 0) is 11.2 Å². The summed E-state index contributed by atoms with van der Waals surface area (Å²) in [5.41, 5.74) is 6.38. The summed E-state index contributed by atoms with van der Waals surface area (Å²) >= 11 is 0. The van der Waals surface area contributed by atoms with Crippen LogP contribution in [0.15, 0.2) is 30.3 Å². The normalized spacial score (nSPS) is 14.8. The van der Waals surface area contributed by atoms with E-state index in [9.17, 15) is 4.79 Å². The number of aromatic nitrogens is 3. The zero-order valence-corrected chi connectivity index (χ0v) is 12.1. The third-order valence-electron chi connectivity index (χ3n) is 3.40. The third-order valence-corrected chi connectivity index (χ3v) is 3.40. The van der Waals surface area contributed by atoms with E-state index in [1.165, 1.54) is 0 Å². The minimum Gasteiger partial charge on any atom is -0.378 e. The first-order chi connectivity index (χ1) is 10.7. The van der Waals surface area contributed by atoms with Crippen LogP contribution in [0.2, 0.25) is 0 Å². The molecule has 1 saturated heterocycles. The van der Waals surface area contributed by atoms with Crippen molar-refractivity contribution in [2.45, 2.75) is 6.42 Å². The van der Waals surface area contributed by atoms with Gasteiger partial charge in [-0.05, 0) is 0 Å². The van der Waals surface area contributed by atoms with Crippen molar-refractivity contribution in [3.05, 3.63) is 41.7 Å². The summed E-state index contributed by atoms with van der Waals surface area (Å²) in [6.45, 7) is 2.67. The number of carbonyl (C=O) groups is 1. The van der Waals surface area contributed by atoms with Gasteiger partial charge in [-0.1, -0.05) is 30.3 Å². The highest BCUT2D eigenvalue weighted by Crippen LogP contribution is 2.12. The summed E-state index contributed by atoms with van der Waals surface area (Å²) in [6, 6.07) is 9.07. The van der Waals surface area contributed by atoms with Crippen LogP contribution in [0.1, 0.15) is 16.2 Å². The van der Waals surface area contributed by atoms with Crippen LogP contribution >= 0.6 is 0 Å². The molecule has 1 aromatic heterocycles. The lowest BCUT2D eigenvalue weighted by Gasteiger charge is -2.26. The number of nitrogens with zero attached hydrogens (tertiary/aromatic N) is 4. The van der Waals surface area contributed by atoms with Crippen molar-refractivity contribution in [1.29, 1.82) is 0 Å². The molecule has 0 bridgehead atoms. The Bertz CT molecular complexity index is 656. The van der Waals surface area contributed by atoms with E-state index in [0.717, 1.165) is 0 Å². The predicted molar refractivity (Wildman–Crippen MR) is 81.7 cm³/mol. The van der Waals surface area contributed by atoms with Crippen LogP contribution in [0.3, 0.4) is 0 Å². The number of Topliss-reactive ketones (excluding diaryl/α,β-unsaturated/α-hetero) is 1. The van der Waals surface area contributed by atoms with Gasteiger partial charge in [0.1, 0.15) is 5.82 Å². The van der Waals surface area contributed by atoms with E-state index in [1.54, 1.807) is 12.1 Å². The zero-order chi connectivity index (χ0) is 15.4. The van der Waals surface area contributed by atoms with Gasteiger partial charge in [0.2, 0.25) is 11.9 Å². The molecular weight excluding hydrogens is 282 g/mol. The highest BCUT2D eigenvalue weighted by atomic mass is 16.5. The molecular formula is C15H17N5O2. The van der Waals surface area contributed by atoms with Crippen molar-refractivity contribution < 1.29 is 9.53 Å². The van der Waals surface area contributed by atoms with Gasteiger partial charge in [0, 0.05) is 18.7 Å². The molecule has 0 aliphatic carbocycles. The molecule has 2 N–H and O–H groups in total. The van der Waals surface area contributed by atoms with Crippen molar-refractivity contribution in [2.75, 3.05) is 36.9 Å². The maximum absolute atomic E-state index is 12.2. The first-order valence-corrected chi connectivity index (χ1v) is 7.14. The van der Waals surface area contributed by atoms with E-state index in [0.29, 0.717) is 43.6 Å². The van der Waals surface area contributed by atoms with Gasteiger partial charge in [-0.2, -0.15) is 15.0 Å². The summed E-state index contributed by atoms with van der Waals surface area (Å²) in [7, 11) is 0. The highest BCUT2D eigenvalue weighted by Gasteiger charge is 2.17. The van der Waals surface area contributed by atoms with Gasteiger partial charge in [0.25, 0.3) is 0 Å². The minimum atomic E-state index is -0.0425. The van der Waals surface area contributed by atoms with Crippen LogP contribution < -0.4 is 10.6 Å². The van der Waals surface area contributed by atoms with E-state index in [-0.39, 0.29) is 18.2 Å². The van der Waals surface area contributed by atoms with Crippen molar-refractivity contribution in [2.24, 2.45) is 0 Å².